The molecule has 0 saturated heterocycles. The summed E-state index contributed by atoms with van der Waals surface area (Å²) in [7, 11) is 0. The summed E-state index contributed by atoms with van der Waals surface area (Å²) in [5.74, 6) is -0.757. The Morgan fingerprint density at radius 3 is 2.20 bits per heavy atom. The molecule has 0 aliphatic heterocycles. The van der Waals surface area contributed by atoms with Gasteiger partial charge in [-0.25, -0.2) is 8.78 Å². The fraction of sp³-hybridized carbons (Fsp3) is 0. The van der Waals surface area contributed by atoms with Gasteiger partial charge in [0.15, 0.2) is 11.6 Å². The maximum absolute atomic E-state index is 13.2. The number of nitrogens with zero attached hydrogens (tertiary/aromatic N) is 1. The Bertz CT molecular complexity index is 950. The zero-order valence-electron chi connectivity index (χ0n) is 13.0. The van der Waals surface area contributed by atoms with Crippen molar-refractivity contribution in [3.8, 4) is 17.6 Å². The second kappa shape index (κ2) is 6.89. The molecule has 0 atom stereocenters. The lowest BCUT2D eigenvalue weighted by Gasteiger charge is -2.10. The van der Waals surface area contributed by atoms with Crippen LogP contribution in [0.3, 0.4) is 0 Å². The number of nitriles is 1. The molecule has 0 saturated carbocycles. The van der Waals surface area contributed by atoms with E-state index in [1.807, 2.05) is 6.07 Å². The van der Waals surface area contributed by atoms with Crippen molar-refractivity contribution in [2.45, 2.75) is 0 Å². The summed E-state index contributed by atoms with van der Waals surface area (Å²) in [4.78, 5) is 0. The van der Waals surface area contributed by atoms with Crippen LogP contribution < -0.4 is 15.8 Å². The Labute approximate surface area is 143 Å². The molecule has 0 aromatic heterocycles. The van der Waals surface area contributed by atoms with E-state index in [9.17, 15) is 8.78 Å². The first-order valence-corrected chi connectivity index (χ1v) is 7.35. The van der Waals surface area contributed by atoms with Gasteiger partial charge >= 0.3 is 0 Å². The Morgan fingerprint density at radius 2 is 1.52 bits per heavy atom. The molecular weight excluding hydrogens is 324 g/mol. The molecule has 4 nitrogen and oxygen atoms in total. The summed E-state index contributed by atoms with van der Waals surface area (Å²) in [5.41, 5.74) is 7.52. The summed E-state index contributed by atoms with van der Waals surface area (Å²) in [6.07, 6.45) is 0. The molecule has 3 N–H and O–H groups in total. The van der Waals surface area contributed by atoms with Crippen molar-refractivity contribution < 1.29 is 13.5 Å². The highest BCUT2D eigenvalue weighted by atomic mass is 19.2. The Morgan fingerprint density at radius 1 is 0.840 bits per heavy atom. The molecule has 0 aliphatic rings. The predicted molar refractivity (Wildman–Crippen MR) is 91.7 cm³/mol. The SMILES string of the molecule is N#Cc1cc(Oc2ccc(Nc3ccc(F)c(F)c3)cc2)ccc1N. The molecule has 6 heteroatoms. The van der Waals surface area contributed by atoms with E-state index in [-0.39, 0.29) is 0 Å². The van der Waals surface area contributed by atoms with Crippen LogP contribution >= 0.6 is 0 Å². The van der Waals surface area contributed by atoms with Crippen LogP contribution in [-0.2, 0) is 0 Å². The third kappa shape index (κ3) is 3.85. The zero-order valence-corrected chi connectivity index (χ0v) is 13.0. The molecule has 0 fully saturated rings. The first-order chi connectivity index (χ1) is 12.0. The van der Waals surface area contributed by atoms with Gasteiger partial charge < -0.3 is 15.8 Å². The molecule has 3 rings (SSSR count). The molecule has 3 aromatic rings. The first kappa shape index (κ1) is 16.3. The van der Waals surface area contributed by atoms with Crippen LogP contribution in [0.2, 0.25) is 0 Å². The monoisotopic (exact) mass is 337 g/mol. The fourth-order valence-electron chi connectivity index (χ4n) is 2.18. The summed E-state index contributed by atoms with van der Waals surface area (Å²) >= 11 is 0. The maximum atomic E-state index is 13.2. The summed E-state index contributed by atoms with van der Waals surface area (Å²) < 4.78 is 31.8. The predicted octanol–water partition coefficient (Wildman–Crippen LogP) is 4.95. The minimum atomic E-state index is -0.915. The smallest absolute Gasteiger partial charge is 0.160 e. The quantitative estimate of drug-likeness (QED) is 0.661. The Kier molecular flexibility index (Phi) is 4.48. The van der Waals surface area contributed by atoms with Crippen LogP contribution in [0.25, 0.3) is 0 Å². The lowest BCUT2D eigenvalue weighted by molar-refractivity contribution is 0.482. The molecule has 124 valence electrons. The van der Waals surface area contributed by atoms with Crippen LogP contribution in [-0.4, -0.2) is 0 Å². The number of nitrogens with one attached hydrogen (secondary N) is 1. The van der Waals surface area contributed by atoms with Crippen LogP contribution in [0.4, 0.5) is 25.8 Å². The lowest BCUT2D eigenvalue weighted by Crippen LogP contribution is -1.93. The highest BCUT2D eigenvalue weighted by molar-refractivity contribution is 5.61. The van der Waals surface area contributed by atoms with E-state index in [0.717, 1.165) is 12.1 Å². The molecule has 0 amide bonds. The van der Waals surface area contributed by atoms with Crippen molar-refractivity contribution in [1.82, 2.24) is 0 Å². The topological polar surface area (TPSA) is 71.1 Å². The summed E-state index contributed by atoms with van der Waals surface area (Å²) in [6.45, 7) is 0. The minimum absolute atomic E-state index is 0.342. The van der Waals surface area contributed by atoms with Crippen molar-refractivity contribution in [3.63, 3.8) is 0 Å². The van der Waals surface area contributed by atoms with Gasteiger partial charge in [0, 0.05) is 29.2 Å². The number of anilines is 3. The zero-order chi connectivity index (χ0) is 17.8. The van der Waals surface area contributed by atoms with Crippen LogP contribution in [0.15, 0.2) is 60.7 Å². The standard InChI is InChI=1S/C19H13F2N3O/c20-17-7-3-14(10-18(17)21)24-13-1-4-15(5-2-13)25-16-6-8-19(23)12(9-16)11-22/h1-10,24H,23H2. The van der Waals surface area contributed by atoms with E-state index in [2.05, 4.69) is 5.32 Å². The number of rotatable bonds is 4. The molecule has 3 aromatic carbocycles. The van der Waals surface area contributed by atoms with Crippen molar-refractivity contribution in [1.29, 1.82) is 5.26 Å². The average molecular weight is 337 g/mol. The minimum Gasteiger partial charge on any atom is -0.457 e. The van der Waals surface area contributed by atoms with Crippen LogP contribution in [0, 0.1) is 23.0 Å². The van der Waals surface area contributed by atoms with Crippen molar-refractivity contribution in [2.75, 3.05) is 11.1 Å². The van der Waals surface area contributed by atoms with E-state index in [4.69, 9.17) is 15.7 Å². The number of benzene rings is 3. The average Bonchev–Trinajstić information content (AvgIpc) is 2.61. The van der Waals surface area contributed by atoms with E-state index in [0.29, 0.717) is 34.1 Å². The summed E-state index contributed by atoms with van der Waals surface area (Å²) in [5, 5.41) is 11.9. The molecule has 0 aliphatic carbocycles. The number of ether oxygens (including phenoxy) is 1. The molecule has 25 heavy (non-hydrogen) atoms. The molecule has 0 radical (unpaired) electrons. The van der Waals surface area contributed by atoms with Crippen LogP contribution in [0.5, 0.6) is 11.5 Å². The first-order valence-electron chi connectivity index (χ1n) is 7.35. The Hall–Kier alpha value is -3.59. The molecule has 0 heterocycles. The second-order valence-corrected chi connectivity index (χ2v) is 5.24. The van der Waals surface area contributed by atoms with Crippen molar-refractivity contribution >= 4 is 17.1 Å². The molecule has 0 spiro atoms. The van der Waals surface area contributed by atoms with Gasteiger partial charge in [-0.15, -0.1) is 0 Å². The molecule has 0 bridgehead atoms. The van der Waals surface area contributed by atoms with Gasteiger partial charge in [0.05, 0.1) is 5.56 Å². The van der Waals surface area contributed by atoms with Gasteiger partial charge in [0.2, 0.25) is 0 Å². The van der Waals surface area contributed by atoms with E-state index in [1.165, 1.54) is 6.07 Å². The number of hydrogen-bond donors (Lipinski definition) is 2. The van der Waals surface area contributed by atoms with E-state index < -0.39 is 11.6 Å². The third-order valence-electron chi connectivity index (χ3n) is 3.44. The highest BCUT2D eigenvalue weighted by Gasteiger charge is 2.05. The van der Waals surface area contributed by atoms with Gasteiger partial charge in [-0.1, -0.05) is 0 Å². The van der Waals surface area contributed by atoms with Crippen molar-refractivity contribution in [3.05, 3.63) is 77.9 Å². The maximum Gasteiger partial charge on any atom is 0.160 e. The van der Waals surface area contributed by atoms with E-state index >= 15 is 0 Å². The number of nitrogens with two attached hydrogens (primary N) is 1. The van der Waals surface area contributed by atoms with Crippen LogP contribution in [0.1, 0.15) is 5.56 Å². The summed E-state index contributed by atoms with van der Waals surface area (Å²) in [6, 6.07) is 17.3. The molecular formula is C19H13F2N3O. The fourth-order valence-corrected chi connectivity index (χ4v) is 2.18. The van der Waals surface area contributed by atoms with E-state index in [1.54, 1.807) is 42.5 Å². The van der Waals surface area contributed by atoms with Gasteiger partial charge in [-0.3, -0.25) is 0 Å². The van der Waals surface area contributed by atoms with Gasteiger partial charge in [0.25, 0.3) is 0 Å². The van der Waals surface area contributed by atoms with Gasteiger partial charge in [-0.2, -0.15) is 5.26 Å². The highest BCUT2D eigenvalue weighted by Crippen LogP contribution is 2.27. The Balaban J connectivity index is 1.72. The number of halogens is 2. The third-order valence-corrected chi connectivity index (χ3v) is 3.44. The second-order valence-electron chi connectivity index (χ2n) is 5.24. The normalized spacial score (nSPS) is 10.1. The number of hydrogen-bond acceptors (Lipinski definition) is 4. The number of nitrogen functional groups attached to an aromatic ring is 1. The van der Waals surface area contributed by atoms with Gasteiger partial charge in [0.1, 0.15) is 17.6 Å². The molecule has 0 unspecified atom stereocenters. The van der Waals surface area contributed by atoms with Crippen molar-refractivity contribution in [2.24, 2.45) is 0 Å². The largest absolute Gasteiger partial charge is 0.457 e. The lowest BCUT2D eigenvalue weighted by atomic mass is 10.2. The van der Waals surface area contributed by atoms with Gasteiger partial charge in [-0.05, 0) is 48.5 Å².